The zero-order chi connectivity index (χ0) is 12.7. The fraction of sp³-hybridized carbons (Fsp3) is 0.857. The summed E-state index contributed by atoms with van der Waals surface area (Å²) in [4.78, 5) is 14.5. The molecule has 0 spiro atoms. The van der Waals surface area contributed by atoms with E-state index < -0.39 is 5.92 Å². The highest BCUT2D eigenvalue weighted by Gasteiger charge is 2.51. The van der Waals surface area contributed by atoms with E-state index in [4.69, 9.17) is 4.74 Å². The Morgan fingerprint density at radius 1 is 1.39 bits per heavy atom. The van der Waals surface area contributed by atoms with Crippen molar-refractivity contribution in [3.8, 4) is 6.07 Å². The molecule has 0 amide bonds. The van der Waals surface area contributed by atoms with Crippen molar-refractivity contribution in [3.05, 3.63) is 0 Å². The molecule has 0 N–H and O–H groups in total. The minimum atomic E-state index is -0.541. The number of piperidine rings is 3. The van der Waals surface area contributed by atoms with Crippen LogP contribution < -0.4 is 0 Å². The number of esters is 1. The molecule has 4 fully saturated rings. The highest BCUT2D eigenvalue weighted by atomic mass is 16.5. The summed E-state index contributed by atoms with van der Waals surface area (Å²) in [6.07, 6.45) is 2.41. The lowest BCUT2D eigenvalue weighted by molar-refractivity contribution is -0.154. The van der Waals surface area contributed by atoms with Crippen LogP contribution in [-0.4, -0.2) is 37.1 Å². The van der Waals surface area contributed by atoms with Gasteiger partial charge in [0.05, 0.1) is 12.7 Å². The lowest BCUT2D eigenvalue weighted by atomic mass is 9.58. The Morgan fingerprint density at radius 2 is 2.06 bits per heavy atom. The molecule has 0 aromatic carbocycles. The third-order valence-corrected chi connectivity index (χ3v) is 4.93. The predicted octanol–water partition coefficient (Wildman–Crippen LogP) is 1.28. The van der Waals surface area contributed by atoms with Crippen LogP contribution in [0.1, 0.15) is 19.8 Å². The monoisotopic (exact) mass is 248 g/mol. The zero-order valence-corrected chi connectivity index (χ0v) is 10.8. The van der Waals surface area contributed by atoms with Crippen molar-refractivity contribution >= 4 is 5.97 Å². The van der Waals surface area contributed by atoms with Gasteiger partial charge in [0.15, 0.2) is 0 Å². The molecule has 1 saturated carbocycles. The SMILES string of the molecule is CCOC(=O)C(C#N)C1C2CC3CC1CN(C3)C2. The average Bonchev–Trinajstić information content (AvgIpc) is 2.33. The van der Waals surface area contributed by atoms with Crippen LogP contribution in [0.2, 0.25) is 0 Å². The van der Waals surface area contributed by atoms with Crippen molar-refractivity contribution in [2.45, 2.75) is 19.8 Å². The topological polar surface area (TPSA) is 53.3 Å². The summed E-state index contributed by atoms with van der Waals surface area (Å²) >= 11 is 0. The fourth-order valence-corrected chi connectivity index (χ4v) is 4.52. The summed E-state index contributed by atoms with van der Waals surface area (Å²) in [5.41, 5.74) is 0. The molecular formula is C14H20N2O2. The smallest absolute Gasteiger partial charge is 0.323 e. The van der Waals surface area contributed by atoms with E-state index in [2.05, 4.69) is 11.0 Å². The summed E-state index contributed by atoms with van der Waals surface area (Å²) in [6, 6.07) is 2.22. The molecule has 3 unspecified atom stereocenters. The minimum absolute atomic E-state index is 0.238. The molecule has 0 aromatic rings. The van der Waals surface area contributed by atoms with Crippen LogP contribution >= 0.6 is 0 Å². The zero-order valence-electron chi connectivity index (χ0n) is 10.8. The summed E-state index contributed by atoms with van der Waals surface area (Å²) < 4.78 is 5.08. The Kier molecular flexibility index (Phi) is 3.03. The molecule has 3 heterocycles. The third-order valence-electron chi connectivity index (χ3n) is 4.93. The second-order valence-corrected chi connectivity index (χ2v) is 6.01. The van der Waals surface area contributed by atoms with E-state index in [0.29, 0.717) is 18.4 Å². The van der Waals surface area contributed by atoms with Crippen LogP contribution in [0.4, 0.5) is 0 Å². The molecule has 18 heavy (non-hydrogen) atoms. The van der Waals surface area contributed by atoms with E-state index in [1.165, 1.54) is 19.4 Å². The van der Waals surface area contributed by atoms with Crippen molar-refractivity contribution in [3.63, 3.8) is 0 Å². The molecule has 3 saturated heterocycles. The first kappa shape index (κ1) is 12.0. The molecule has 4 aliphatic rings. The molecule has 3 aliphatic heterocycles. The summed E-state index contributed by atoms with van der Waals surface area (Å²) in [7, 11) is 0. The predicted molar refractivity (Wildman–Crippen MR) is 65.4 cm³/mol. The van der Waals surface area contributed by atoms with Gasteiger partial charge >= 0.3 is 5.97 Å². The van der Waals surface area contributed by atoms with Crippen molar-refractivity contribution in [1.82, 2.24) is 4.90 Å². The molecule has 1 aliphatic carbocycles. The van der Waals surface area contributed by atoms with Crippen LogP contribution in [-0.2, 0) is 9.53 Å². The Balaban J connectivity index is 1.79. The van der Waals surface area contributed by atoms with Crippen LogP contribution in [0, 0.1) is 40.9 Å². The van der Waals surface area contributed by atoms with E-state index in [1.807, 2.05) is 0 Å². The first-order valence-corrected chi connectivity index (χ1v) is 7.01. The van der Waals surface area contributed by atoms with Gasteiger partial charge in [0, 0.05) is 19.6 Å². The number of nitrogens with zero attached hydrogens (tertiary/aromatic N) is 2. The average molecular weight is 248 g/mol. The minimum Gasteiger partial charge on any atom is -0.465 e. The lowest BCUT2D eigenvalue weighted by Crippen LogP contribution is -2.59. The van der Waals surface area contributed by atoms with Crippen molar-refractivity contribution < 1.29 is 9.53 Å². The van der Waals surface area contributed by atoms with Crippen molar-refractivity contribution in [2.24, 2.45) is 29.6 Å². The molecule has 0 aromatic heterocycles. The van der Waals surface area contributed by atoms with E-state index >= 15 is 0 Å². The number of hydrogen-bond donors (Lipinski definition) is 0. The number of ether oxygens (including phenoxy) is 1. The normalized spacial score (nSPS) is 42.3. The molecule has 4 bridgehead atoms. The standard InChI is InChI=1S/C14H20N2O2/c1-2-18-14(17)12(5-15)13-10-3-9-4-11(13)8-16(6-9)7-10/h9-13H,2-4,6-8H2,1H3. The van der Waals surface area contributed by atoms with Crippen LogP contribution in [0.3, 0.4) is 0 Å². The number of carbonyl (C=O) groups excluding carboxylic acids is 1. The van der Waals surface area contributed by atoms with Crippen LogP contribution in [0.15, 0.2) is 0 Å². The Hall–Kier alpha value is -1.08. The first-order valence-electron chi connectivity index (χ1n) is 7.01. The maximum Gasteiger partial charge on any atom is 0.323 e. The van der Waals surface area contributed by atoms with Gasteiger partial charge in [-0.25, -0.2) is 0 Å². The Bertz CT molecular complexity index is 360. The summed E-state index contributed by atoms with van der Waals surface area (Å²) in [5, 5.41) is 9.34. The van der Waals surface area contributed by atoms with E-state index in [9.17, 15) is 10.1 Å². The second kappa shape index (κ2) is 4.55. The van der Waals surface area contributed by atoms with Gasteiger partial charge in [0.1, 0.15) is 5.92 Å². The van der Waals surface area contributed by atoms with Crippen molar-refractivity contribution in [2.75, 3.05) is 26.2 Å². The maximum absolute atomic E-state index is 11.9. The fourth-order valence-electron chi connectivity index (χ4n) is 4.52. The van der Waals surface area contributed by atoms with Crippen LogP contribution in [0.5, 0.6) is 0 Å². The van der Waals surface area contributed by atoms with Gasteiger partial charge in [0.25, 0.3) is 0 Å². The van der Waals surface area contributed by atoms with Crippen LogP contribution in [0.25, 0.3) is 0 Å². The highest BCUT2D eigenvalue weighted by molar-refractivity contribution is 5.75. The maximum atomic E-state index is 11.9. The third kappa shape index (κ3) is 1.81. The quantitative estimate of drug-likeness (QED) is 0.706. The second-order valence-electron chi connectivity index (χ2n) is 6.01. The highest BCUT2D eigenvalue weighted by Crippen LogP contribution is 2.49. The molecular weight excluding hydrogens is 228 g/mol. The van der Waals surface area contributed by atoms with E-state index in [-0.39, 0.29) is 11.9 Å². The number of hydrogen-bond acceptors (Lipinski definition) is 4. The summed E-state index contributed by atoms with van der Waals surface area (Å²) in [6.45, 7) is 5.56. The number of rotatable bonds is 3. The number of nitriles is 1. The molecule has 4 heteroatoms. The van der Waals surface area contributed by atoms with Gasteiger partial charge in [-0.1, -0.05) is 0 Å². The Labute approximate surface area is 108 Å². The first-order chi connectivity index (χ1) is 8.72. The molecule has 0 radical (unpaired) electrons. The van der Waals surface area contributed by atoms with E-state index in [1.54, 1.807) is 6.92 Å². The van der Waals surface area contributed by atoms with Gasteiger partial charge in [-0.3, -0.25) is 4.79 Å². The van der Waals surface area contributed by atoms with Gasteiger partial charge < -0.3 is 9.64 Å². The molecule has 4 nitrogen and oxygen atoms in total. The van der Waals surface area contributed by atoms with Gasteiger partial charge in [-0.05, 0) is 43.4 Å². The largest absolute Gasteiger partial charge is 0.465 e. The molecule has 3 atom stereocenters. The molecule has 98 valence electrons. The van der Waals surface area contributed by atoms with Gasteiger partial charge in [-0.2, -0.15) is 5.26 Å². The number of carbonyl (C=O) groups is 1. The summed E-state index contributed by atoms with van der Waals surface area (Å²) in [5.74, 6) is 1.27. The van der Waals surface area contributed by atoms with Gasteiger partial charge in [0.2, 0.25) is 0 Å². The Morgan fingerprint density at radius 3 is 2.56 bits per heavy atom. The van der Waals surface area contributed by atoms with Gasteiger partial charge in [-0.15, -0.1) is 0 Å². The lowest BCUT2D eigenvalue weighted by Gasteiger charge is -2.56. The molecule has 4 rings (SSSR count). The van der Waals surface area contributed by atoms with Crippen molar-refractivity contribution in [1.29, 1.82) is 5.26 Å². The van der Waals surface area contributed by atoms with E-state index in [0.717, 1.165) is 19.0 Å².